The monoisotopic (exact) mass is 226 g/mol. The molecule has 0 bridgehead atoms. The van der Waals surface area contributed by atoms with Gasteiger partial charge in [0.05, 0.1) is 5.41 Å². The van der Waals surface area contributed by atoms with E-state index in [9.17, 15) is 19.8 Å². The summed E-state index contributed by atoms with van der Waals surface area (Å²) in [6.07, 6.45) is -1.05. The molecule has 0 aromatic heterocycles. The summed E-state index contributed by atoms with van der Waals surface area (Å²) in [7, 11) is 0. The van der Waals surface area contributed by atoms with Crippen molar-refractivity contribution >= 4 is 11.8 Å². The zero-order valence-corrected chi connectivity index (χ0v) is 9.40. The lowest BCUT2D eigenvalue weighted by Gasteiger charge is -2.35. The van der Waals surface area contributed by atoms with E-state index in [1.165, 1.54) is 6.92 Å². The lowest BCUT2D eigenvalue weighted by Crippen LogP contribution is -2.49. The third-order valence-electron chi connectivity index (χ3n) is 4.08. The maximum absolute atomic E-state index is 11.9. The number of carbonyl (C=O) groups is 2. The van der Waals surface area contributed by atoms with E-state index in [0.717, 1.165) is 0 Å². The second kappa shape index (κ2) is 2.85. The smallest absolute Gasteiger partial charge is 0.337 e. The van der Waals surface area contributed by atoms with Gasteiger partial charge >= 0.3 is 5.97 Å². The molecule has 1 aliphatic carbocycles. The molecule has 2 rings (SSSR count). The lowest BCUT2D eigenvalue weighted by atomic mass is 9.67. The Morgan fingerprint density at radius 2 is 2.00 bits per heavy atom. The van der Waals surface area contributed by atoms with Crippen LogP contribution in [0.2, 0.25) is 0 Å². The van der Waals surface area contributed by atoms with Crippen molar-refractivity contribution in [3.8, 4) is 0 Å². The first kappa shape index (κ1) is 11.1. The molecular weight excluding hydrogens is 212 g/mol. The SMILES string of the molecule is CCC12C(C)=C(O)C(=O)C1(C)OC(=O)C2O. The first-order valence-electron chi connectivity index (χ1n) is 5.19. The van der Waals surface area contributed by atoms with Crippen LogP contribution in [0.5, 0.6) is 0 Å². The topological polar surface area (TPSA) is 83.8 Å². The van der Waals surface area contributed by atoms with Crippen molar-refractivity contribution in [1.82, 2.24) is 0 Å². The van der Waals surface area contributed by atoms with Crippen LogP contribution in [-0.2, 0) is 14.3 Å². The van der Waals surface area contributed by atoms with E-state index >= 15 is 0 Å². The molecule has 0 saturated carbocycles. The molecule has 0 spiro atoms. The predicted octanol–water partition coefficient (Wildman–Crippen LogP) is 0.474. The fourth-order valence-electron chi connectivity index (χ4n) is 3.03. The van der Waals surface area contributed by atoms with Gasteiger partial charge in [-0.25, -0.2) is 4.79 Å². The molecule has 0 aromatic rings. The standard InChI is InChI=1S/C11H14O5/c1-4-11-5(2)6(12)7(13)10(11,3)16-9(15)8(11)14/h8,12,14H,4H2,1-3H3. The van der Waals surface area contributed by atoms with E-state index in [-0.39, 0.29) is 0 Å². The van der Waals surface area contributed by atoms with Gasteiger partial charge < -0.3 is 14.9 Å². The molecule has 16 heavy (non-hydrogen) atoms. The van der Waals surface area contributed by atoms with Gasteiger partial charge in [0.1, 0.15) is 0 Å². The molecule has 5 nitrogen and oxygen atoms in total. The normalized spacial score (nSPS) is 42.6. The fourth-order valence-corrected chi connectivity index (χ4v) is 3.03. The second-order valence-electron chi connectivity index (χ2n) is 4.48. The summed E-state index contributed by atoms with van der Waals surface area (Å²) in [4.78, 5) is 23.3. The van der Waals surface area contributed by atoms with Crippen molar-refractivity contribution in [3.05, 3.63) is 11.3 Å². The van der Waals surface area contributed by atoms with Crippen LogP contribution in [0.15, 0.2) is 11.3 Å². The van der Waals surface area contributed by atoms with Gasteiger partial charge in [-0.05, 0) is 25.8 Å². The molecule has 3 unspecified atom stereocenters. The molecule has 0 radical (unpaired) electrons. The van der Waals surface area contributed by atoms with Crippen LogP contribution >= 0.6 is 0 Å². The van der Waals surface area contributed by atoms with E-state index in [4.69, 9.17) is 4.74 Å². The fraction of sp³-hybridized carbons (Fsp3) is 0.636. The van der Waals surface area contributed by atoms with Gasteiger partial charge in [0.15, 0.2) is 17.5 Å². The molecule has 5 heteroatoms. The zero-order chi connectivity index (χ0) is 12.3. The van der Waals surface area contributed by atoms with Gasteiger partial charge in [-0.1, -0.05) is 6.92 Å². The van der Waals surface area contributed by atoms with Crippen LogP contribution in [0.1, 0.15) is 27.2 Å². The molecule has 1 fully saturated rings. The minimum Gasteiger partial charge on any atom is -0.504 e. The van der Waals surface area contributed by atoms with Crippen molar-refractivity contribution in [2.24, 2.45) is 5.41 Å². The second-order valence-corrected chi connectivity index (χ2v) is 4.48. The maximum atomic E-state index is 11.9. The van der Waals surface area contributed by atoms with Gasteiger partial charge in [0.2, 0.25) is 5.78 Å². The van der Waals surface area contributed by atoms with Crippen molar-refractivity contribution in [2.45, 2.75) is 38.9 Å². The van der Waals surface area contributed by atoms with Gasteiger partial charge in [0, 0.05) is 0 Å². The number of esters is 1. The minimum atomic E-state index is -1.47. The van der Waals surface area contributed by atoms with Crippen LogP contribution < -0.4 is 0 Å². The number of aliphatic hydroxyl groups excluding tert-OH is 2. The molecule has 0 aromatic carbocycles. The van der Waals surface area contributed by atoms with Gasteiger partial charge in [-0.2, -0.15) is 0 Å². The first-order chi connectivity index (χ1) is 7.33. The molecule has 2 aliphatic rings. The Bertz CT molecular complexity index is 424. The molecule has 1 saturated heterocycles. The van der Waals surface area contributed by atoms with Crippen molar-refractivity contribution < 1.29 is 24.5 Å². The van der Waals surface area contributed by atoms with Crippen molar-refractivity contribution in [2.75, 3.05) is 0 Å². The van der Waals surface area contributed by atoms with E-state index in [0.29, 0.717) is 12.0 Å². The quantitative estimate of drug-likeness (QED) is 0.635. The van der Waals surface area contributed by atoms with Crippen LogP contribution in [0, 0.1) is 5.41 Å². The summed E-state index contributed by atoms with van der Waals surface area (Å²) in [5.41, 5.74) is -2.25. The van der Waals surface area contributed by atoms with E-state index < -0.39 is 34.6 Å². The summed E-state index contributed by atoms with van der Waals surface area (Å²) < 4.78 is 4.99. The summed E-state index contributed by atoms with van der Waals surface area (Å²) in [6, 6.07) is 0. The molecule has 1 heterocycles. The molecule has 88 valence electrons. The highest BCUT2D eigenvalue weighted by molar-refractivity contribution is 6.08. The highest BCUT2D eigenvalue weighted by Crippen LogP contribution is 2.57. The number of hydrogen-bond donors (Lipinski definition) is 2. The van der Waals surface area contributed by atoms with E-state index in [1.54, 1.807) is 13.8 Å². The van der Waals surface area contributed by atoms with Gasteiger partial charge in [0.25, 0.3) is 0 Å². The number of rotatable bonds is 1. The van der Waals surface area contributed by atoms with Crippen LogP contribution in [-0.4, -0.2) is 33.7 Å². The molecule has 3 atom stereocenters. The first-order valence-corrected chi connectivity index (χ1v) is 5.19. The Morgan fingerprint density at radius 3 is 2.44 bits per heavy atom. The third kappa shape index (κ3) is 0.822. The Labute approximate surface area is 92.7 Å². The maximum Gasteiger partial charge on any atom is 0.337 e. The molecule has 1 aliphatic heterocycles. The Kier molecular flexibility index (Phi) is 1.99. The summed E-state index contributed by atoms with van der Waals surface area (Å²) >= 11 is 0. The number of carbonyl (C=O) groups excluding carboxylic acids is 2. The van der Waals surface area contributed by atoms with Gasteiger partial charge in [-0.3, -0.25) is 4.79 Å². The summed E-state index contributed by atoms with van der Waals surface area (Å²) in [6.45, 7) is 4.74. The van der Waals surface area contributed by atoms with Crippen LogP contribution in [0.3, 0.4) is 0 Å². The average Bonchev–Trinajstić information content (AvgIpc) is 2.53. The molecule has 2 N–H and O–H groups in total. The molecule has 0 amide bonds. The molecular formula is C11H14O5. The lowest BCUT2D eigenvalue weighted by molar-refractivity contribution is -0.158. The van der Waals surface area contributed by atoms with E-state index in [1.807, 2.05) is 0 Å². The van der Waals surface area contributed by atoms with E-state index in [2.05, 4.69) is 0 Å². The van der Waals surface area contributed by atoms with Crippen LogP contribution in [0.4, 0.5) is 0 Å². The zero-order valence-electron chi connectivity index (χ0n) is 9.40. The average molecular weight is 226 g/mol. The number of ketones is 1. The number of fused-ring (bicyclic) bond motifs is 1. The highest BCUT2D eigenvalue weighted by Gasteiger charge is 2.72. The summed E-state index contributed by atoms with van der Waals surface area (Å²) in [5, 5.41) is 19.6. The number of hydrogen-bond acceptors (Lipinski definition) is 5. The van der Waals surface area contributed by atoms with Crippen LogP contribution in [0.25, 0.3) is 0 Å². The predicted molar refractivity (Wildman–Crippen MR) is 53.6 cm³/mol. The Balaban J connectivity index is 2.71. The summed E-state index contributed by atoms with van der Waals surface area (Å²) in [5.74, 6) is -1.82. The third-order valence-corrected chi connectivity index (χ3v) is 4.08. The number of Topliss-reactive ketones (excluding diaryl/α,β-unsaturated/α-hetero) is 1. The van der Waals surface area contributed by atoms with Gasteiger partial charge in [-0.15, -0.1) is 0 Å². The number of aliphatic hydroxyl groups is 2. The van der Waals surface area contributed by atoms with Crippen molar-refractivity contribution in [1.29, 1.82) is 0 Å². The van der Waals surface area contributed by atoms with Crippen molar-refractivity contribution in [3.63, 3.8) is 0 Å². The highest BCUT2D eigenvalue weighted by atomic mass is 16.6. The Morgan fingerprint density at radius 1 is 1.44 bits per heavy atom. The Hall–Kier alpha value is -1.36. The number of ether oxygens (including phenoxy) is 1. The largest absolute Gasteiger partial charge is 0.504 e. The minimum absolute atomic E-state index is 0.334.